The maximum Gasteiger partial charge on any atom is 0.0571 e. The highest BCUT2D eigenvalue weighted by Gasteiger charge is 2.02. The van der Waals surface area contributed by atoms with E-state index in [-0.39, 0.29) is 0 Å². The molecule has 0 unspecified atom stereocenters. The van der Waals surface area contributed by atoms with E-state index in [0.29, 0.717) is 0 Å². The second kappa shape index (κ2) is 6.27. The molecule has 4 heteroatoms. The molecule has 1 aromatic carbocycles. The van der Waals surface area contributed by atoms with E-state index in [2.05, 4.69) is 53.4 Å². The van der Waals surface area contributed by atoms with Crippen LogP contribution in [0, 0.1) is 0 Å². The quantitative estimate of drug-likeness (QED) is 0.865. The molecule has 0 amide bonds. The van der Waals surface area contributed by atoms with Crippen LogP contribution in [0.1, 0.15) is 19.5 Å². The lowest BCUT2D eigenvalue weighted by atomic mass is 10.2. The largest absolute Gasteiger partial charge is 0.379 e. The minimum Gasteiger partial charge on any atom is -0.379 e. The fourth-order valence-corrected chi connectivity index (χ4v) is 2.15. The Morgan fingerprint density at radius 1 is 1.11 bits per heavy atom. The van der Waals surface area contributed by atoms with E-state index in [1.165, 1.54) is 11.4 Å². The Morgan fingerprint density at radius 3 is 2.32 bits per heavy atom. The van der Waals surface area contributed by atoms with Crippen LogP contribution in [0.15, 0.2) is 36.5 Å². The monoisotopic (exact) mass is 258 g/mol. The first-order valence-electron chi connectivity index (χ1n) is 6.80. The van der Waals surface area contributed by atoms with Gasteiger partial charge in [0.25, 0.3) is 0 Å². The molecule has 0 aliphatic heterocycles. The molecule has 1 N–H and O–H groups in total. The minimum atomic E-state index is 0.793. The number of hydrogen-bond donors (Lipinski definition) is 1. The van der Waals surface area contributed by atoms with E-state index in [1.54, 1.807) is 0 Å². The summed E-state index contributed by atoms with van der Waals surface area (Å²) in [6.07, 6.45) is 1.82. The first-order valence-corrected chi connectivity index (χ1v) is 6.80. The normalized spacial score (nSPS) is 10.5. The van der Waals surface area contributed by atoms with Crippen LogP contribution < -0.4 is 10.2 Å². The molecule has 0 aliphatic rings. The second-order valence-electron chi connectivity index (χ2n) is 4.52. The van der Waals surface area contributed by atoms with Gasteiger partial charge < -0.3 is 10.2 Å². The Labute approximate surface area is 115 Å². The highest BCUT2D eigenvalue weighted by molar-refractivity contribution is 5.55. The summed E-state index contributed by atoms with van der Waals surface area (Å²) >= 11 is 0. The molecule has 102 valence electrons. The van der Waals surface area contributed by atoms with Gasteiger partial charge >= 0.3 is 0 Å². The van der Waals surface area contributed by atoms with Gasteiger partial charge in [-0.1, -0.05) is 0 Å². The molecule has 0 saturated heterocycles. The lowest BCUT2D eigenvalue weighted by Crippen LogP contribution is -2.21. The van der Waals surface area contributed by atoms with E-state index in [0.717, 1.165) is 25.3 Å². The van der Waals surface area contributed by atoms with E-state index < -0.39 is 0 Å². The van der Waals surface area contributed by atoms with E-state index in [4.69, 9.17) is 0 Å². The molecule has 0 spiro atoms. The van der Waals surface area contributed by atoms with Crippen molar-refractivity contribution < 1.29 is 0 Å². The summed E-state index contributed by atoms with van der Waals surface area (Å²) in [5.41, 5.74) is 3.58. The van der Waals surface area contributed by atoms with Gasteiger partial charge in [0.05, 0.1) is 12.2 Å². The van der Waals surface area contributed by atoms with Crippen LogP contribution in [-0.2, 0) is 13.6 Å². The number of hydrogen-bond acceptors (Lipinski definition) is 3. The highest BCUT2D eigenvalue weighted by Crippen LogP contribution is 2.18. The van der Waals surface area contributed by atoms with Crippen molar-refractivity contribution >= 4 is 11.4 Å². The molecule has 4 nitrogen and oxygen atoms in total. The van der Waals surface area contributed by atoms with Crippen molar-refractivity contribution in [3.05, 3.63) is 42.2 Å². The molecule has 2 aromatic rings. The predicted molar refractivity (Wildman–Crippen MR) is 80.5 cm³/mol. The summed E-state index contributed by atoms with van der Waals surface area (Å²) in [4.78, 5) is 2.34. The molecule has 2 rings (SSSR count). The van der Waals surface area contributed by atoms with E-state index >= 15 is 0 Å². The van der Waals surface area contributed by atoms with Gasteiger partial charge in [0.15, 0.2) is 0 Å². The van der Waals surface area contributed by atoms with E-state index in [1.807, 2.05) is 24.0 Å². The minimum absolute atomic E-state index is 0.793. The molecule has 0 radical (unpaired) electrons. The van der Waals surface area contributed by atoms with Gasteiger partial charge in [-0.15, -0.1) is 0 Å². The lowest BCUT2D eigenvalue weighted by Gasteiger charge is -2.21. The van der Waals surface area contributed by atoms with Crippen LogP contribution in [0.5, 0.6) is 0 Å². The SMILES string of the molecule is CCN(CC)c1ccc(NCc2ccnn2C)cc1. The average molecular weight is 258 g/mol. The second-order valence-corrected chi connectivity index (χ2v) is 4.52. The van der Waals surface area contributed by atoms with Crippen LogP contribution in [0.25, 0.3) is 0 Å². The summed E-state index contributed by atoms with van der Waals surface area (Å²) in [5, 5.41) is 7.57. The fraction of sp³-hybridized carbons (Fsp3) is 0.400. The molecule has 1 aromatic heterocycles. The zero-order chi connectivity index (χ0) is 13.7. The van der Waals surface area contributed by atoms with Gasteiger partial charge in [0.1, 0.15) is 0 Å². The maximum atomic E-state index is 4.16. The topological polar surface area (TPSA) is 33.1 Å². The third-order valence-electron chi connectivity index (χ3n) is 3.39. The van der Waals surface area contributed by atoms with E-state index in [9.17, 15) is 0 Å². The molecule has 0 saturated carbocycles. The van der Waals surface area contributed by atoms with Crippen molar-refractivity contribution in [3.63, 3.8) is 0 Å². The number of benzene rings is 1. The van der Waals surface area contributed by atoms with Crippen molar-refractivity contribution in [2.45, 2.75) is 20.4 Å². The number of rotatable bonds is 6. The number of nitrogens with zero attached hydrogens (tertiary/aromatic N) is 3. The number of nitrogens with one attached hydrogen (secondary N) is 1. The van der Waals surface area contributed by atoms with Crippen molar-refractivity contribution in [1.82, 2.24) is 9.78 Å². The zero-order valence-electron chi connectivity index (χ0n) is 11.9. The molecular weight excluding hydrogens is 236 g/mol. The molecule has 0 aliphatic carbocycles. The summed E-state index contributed by atoms with van der Waals surface area (Å²) in [7, 11) is 1.96. The fourth-order valence-electron chi connectivity index (χ4n) is 2.15. The third-order valence-corrected chi connectivity index (χ3v) is 3.39. The van der Waals surface area contributed by atoms with Crippen molar-refractivity contribution in [3.8, 4) is 0 Å². The Hall–Kier alpha value is -1.97. The van der Waals surface area contributed by atoms with Crippen molar-refractivity contribution in [2.24, 2.45) is 7.05 Å². The smallest absolute Gasteiger partial charge is 0.0571 e. The Kier molecular flexibility index (Phi) is 4.44. The van der Waals surface area contributed by atoms with Crippen molar-refractivity contribution in [2.75, 3.05) is 23.3 Å². The van der Waals surface area contributed by atoms with Gasteiger partial charge in [0.2, 0.25) is 0 Å². The Balaban J connectivity index is 1.97. The third kappa shape index (κ3) is 3.28. The van der Waals surface area contributed by atoms with Crippen LogP contribution >= 0.6 is 0 Å². The molecule has 19 heavy (non-hydrogen) atoms. The van der Waals surface area contributed by atoms with Gasteiger partial charge in [0, 0.05) is 37.7 Å². The Morgan fingerprint density at radius 2 is 1.79 bits per heavy atom. The standard InChI is InChI=1S/C15H22N4/c1-4-19(5-2)14-8-6-13(7-9-14)16-12-15-10-11-17-18(15)3/h6-11,16H,4-5,12H2,1-3H3. The average Bonchev–Trinajstić information content (AvgIpc) is 2.85. The lowest BCUT2D eigenvalue weighted by molar-refractivity contribution is 0.720. The Bertz CT molecular complexity index is 497. The van der Waals surface area contributed by atoms with Crippen LogP contribution in [0.4, 0.5) is 11.4 Å². The zero-order valence-corrected chi connectivity index (χ0v) is 11.9. The number of aryl methyl sites for hydroxylation is 1. The van der Waals surface area contributed by atoms with Crippen LogP contribution in [0.3, 0.4) is 0 Å². The molecule has 1 heterocycles. The molecule has 0 bridgehead atoms. The van der Waals surface area contributed by atoms with Crippen molar-refractivity contribution in [1.29, 1.82) is 0 Å². The summed E-state index contributed by atoms with van der Waals surface area (Å²) < 4.78 is 1.89. The molecular formula is C15H22N4. The first kappa shape index (κ1) is 13.5. The van der Waals surface area contributed by atoms with Crippen LogP contribution in [-0.4, -0.2) is 22.9 Å². The van der Waals surface area contributed by atoms with Gasteiger partial charge in [-0.25, -0.2) is 0 Å². The van der Waals surface area contributed by atoms with Gasteiger partial charge in [-0.2, -0.15) is 5.10 Å². The molecule has 0 fully saturated rings. The highest BCUT2D eigenvalue weighted by atomic mass is 15.3. The maximum absolute atomic E-state index is 4.16. The molecule has 0 atom stereocenters. The summed E-state index contributed by atoms with van der Waals surface area (Å²) in [5.74, 6) is 0. The van der Waals surface area contributed by atoms with Crippen LogP contribution in [0.2, 0.25) is 0 Å². The summed E-state index contributed by atoms with van der Waals surface area (Å²) in [6.45, 7) is 7.23. The van der Waals surface area contributed by atoms with Gasteiger partial charge in [-0.05, 0) is 44.2 Å². The summed E-state index contributed by atoms with van der Waals surface area (Å²) in [6, 6.07) is 10.6. The number of aromatic nitrogens is 2. The number of anilines is 2. The predicted octanol–water partition coefficient (Wildman–Crippen LogP) is 2.88. The first-order chi connectivity index (χ1) is 9.24. The van der Waals surface area contributed by atoms with Gasteiger partial charge in [-0.3, -0.25) is 4.68 Å².